The molecule has 0 bridgehead atoms. The van der Waals surface area contributed by atoms with Gasteiger partial charge in [0.05, 0.1) is 5.41 Å². The zero-order valence-corrected chi connectivity index (χ0v) is 46.7. The van der Waals surface area contributed by atoms with Crippen LogP contribution in [0.3, 0.4) is 0 Å². The first-order valence-electron chi connectivity index (χ1n) is 27.3. The summed E-state index contributed by atoms with van der Waals surface area (Å²) in [6, 6.07) is 79.5. The van der Waals surface area contributed by atoms with Crippen molar-refractivity contribution in [2.45, 2.75) is 93.4 Å². The average Bonchev–Trinajstić information content (AvgIpc) is 3.96. The van der Waals surface area contributed by atoms with Gasteiger partial charge in [0.1, 0.15) is 0 Å². The Morgan fingerprint density at radius 2 is 1.05 bits per heavy atom. The van der Waals surface area contributed by atoms with Crippen LogP contribution < -0.4 is 0 Å². The minimum absolute atomic E-state index is 0.325. The molecule has 0 saturated carbocycles. The molecule has 0 saturated heterocycles. The fraction of sp³-hybridized carbons (Fsp3) is 0.184. The highest BCUT2D eigenvalue weighted by Gasteiger charge is 2.47. The first-order valence-corrected chi connectivity index (χ1v) is 27.3. The van der Waals surface area contributed by atoms with Crippen LogP contribution in [0.4, 0.5) is 0 Å². The predicted molar refractivity (Wildman–Crippen MR) is 332 cm³/mol. The molecule has 0 aliphatic heterocycles. The lowest BCUT2D eigenvalue weighted by molar-refractivity contribution is 0.767. The topological polar surface area (TPSA) is 0 Å². The van der Waals surface area contributed by atoms with Gasteiger partial charge in [-0.05, 0) is 156 Å². The van der Waals surface area contributed by atoms with Crippen LogP contribution in [0.15, 0.2) is 249 Å². The Hall–Kier alpha value is -8.06. The number of hydrogen-bond acceptors (Lipinski definition) is 0. The highest BCUT2D eigenvalue weighted by molar-refractivity contribution is 6.05. The van der Waals surface area contributed by atoms with E-state index >= 15 is 0 Å². The first-order chi connectivity index (χ1) is 36.9. The number of fused-ring (bicyclic) bond motifs is 6. The monoisotopic (exact) mass is 989 g/mol. The molecule has 0 heterocycles. The van der Waals surface area contributed by atoms with E-state index in [0.29, 0.717) is 5.92 Å². The van der Waals surface area contributed by atoms with Crippen molar-refractivity contribution in [1.29, 1.82) is 0 Å². The molecule has 1 aliphatic carbocycles. The van der Waals surface area contributed by atoms with Crippen LogP contribution >= 0.6 is 0 Å². The Kier molecular flexibility index (Phi) is 17.8. The smallest absolute Gasteiger partial charge is 0.0713 e. The molecule has 0 fully saturated rings. The van der Waals surface area contributed by atoms with E-state index in [9.17, 15) is 0 Å². The van der Waals surface area contributed by atoms with E-state index < -0.39 is 0 Å². The van der Waals surface area contributed by atoms with Gasteiger partial charge in [-0.3, -0.25) is 0 Å². The fourth-order valence-corrected chi connectivity index (χ4v) is 11.4. The van der Waals surface area contributed by atoms with E-state index in [4.69, 9.17) is 0 Å². The highest BCUT2D eigenvalue weighted by atomic mass is 14.5. The Morgan fingerprint density at radius 1 is 0.513 bits per heavy atom. The number of hydrogen-bond donors (Lipinski definition) is 0. The Labute approximate surface area is 455 Å². The summed E-state index contributed by atoms with van der Waals surface area (Å²) < 4.78 is 0. The number of allylic oxidation sites excluding steroid dienone is 5. The highest BCUT2D eigenvalue weighted by Crippen LogP contribution is 2.58. The third-order valence-electron chi connectivity index (χ3n) is 15.1. The molecule has 1 unspecified atom stereocenters. The maximum absolute atomic E-state index is 4.01. The van der Waals surface area contributed by atoms with E-state index in [1.54, 1.807) is 0 Å². The number of aryl methyl sites for hydroxylation is 6. The fourth-order valence-electron chi connectivity index (χ4n) is 11.4. The zero-order valence-electron chi connectivity index (χ0n) is 46.7. The first kappa shape index (κ1) is 54.2. The molecule has 380 valence electrons. The zero-order chi connectivity index (χ0) is 53.8. The standard InChI is InChI=1S/C31H24.C29H32.2C8H10/c1-21-17-18-27-28(19-21)31(23-11-5-3-6-12-23,24-13-7-4-8-14-24)29-20-22(2)25-15-9-10-16-26(25)30(27)29;1-6-12-26(21(4)8-3)29-17-11-16-27(28(29)13-7-2)22(5)24-19-18-23-14-9-10-15-25(23)20-24;2*1-7-4-3-5-8(2)6-7/h3-20H,1-2H3;6,8-12,14-20,22H,3,7,13H2,1-2,4-5H3;2*3-6H,1-2H3/b;12-6-,26-21+;;. The Morgan fingerprint density at radius 3 is 1.61 bits per heavy atom. The maximum atomic E-state index is 4.01. The van der Waals surface area contributed by atoms with Crippen molar-refractivity contribution in [2.24, 2.45) is 0 Å². The lowest BCUT2D eigenvalue weighted by atomic mass is 9.67. The van der Waals surface area contributed by atoms with Crippen molar-refractivity contribution in [1.82, 2.24) is 0 Å². The SMILES string of the molecule is C=C/C(C)=C(\C=C/C)c1cccc(C(C)c2ccc3ccccc3c2)c1CCC.Cc1ccc2c(c1)C(c1ccccc1)(c1ccccc1)c1cc(C)c3ccccc3c1-2.Cc1cccc(C)c1.Cc1cccc(C)c1. The molecule has 0 spiro atoms. The molecule has 0 aromatic heterocycles. The predicted octanol–water partition coefficient (Wildman–Crippen LogP) is 20.9. The second-order valence-corrected chi connectivity index (χ2v) is 20.8. The molecule has 0 N–H and O–H groups in total. The molecule has 10 aromatic carbocycles. The molecule has 1 aliphatic rings. The normalized spacial score (nSPS) is 12.7. The second-order valence-electron chi connectivity index (χ2n) is 20.8. The Bertz CT molecular complexity index is 3540. The summed E-state index contributed by atoms with van der Waals surface area (Å²) >= 11 is 0. The summed E-state index contributed by atoms with van der Waals surface area (Å²) in [7, 11) is 0. The molecule has 0 amide bonds. The van der Waals surface area contributed by atoms with Crippen molar-refractivity contribution in [3.05, 3.63) is 327 Å². The van der Waals surface area contributed by atoms with Gasteiger partial charge < -0.3 is 0 Å². The molecule has 10 aromatic rings. The van der Waals surface area contributed by atoms with Crippen LogP contribution in [-0.2, 0) is 11.8 Å². The van der Waals surface area contributed by atoms with Gasteiger partial charge in [0.25, 0.3) is 0 Å². The summed E-state index contributed by atoms with van der Waals surface area (Å²) in [5.41, 5.74) is 23.9. The van der Waals surface area contributed by atoms with Crippen molar-refractivity contribution >= 4 is 27.1 Å². The lowest BCUT2D eigenvalue weighted by Gasteiger charge is -2.34. The van der Waals surface area contributed by atoms with Crippen LogP contribution in [0.25, 0.3) is 38.2 Å². The third-order valence-corrected chi connectivity index (χ3v) is 15.1. The van der Waals surface area contributed by atoms with E-state index in [1.165, 1.54) is 122 Å². The second kappa shape index (κ2) is 25.0. The van der Waals surface area contributed by atoms with Crippen LogP contribution in [0.2, 0.25) is 0 Å². The molecular formula is C76H76. The summed E-state index contributed by atoms with van der Waals surface area (Å²) in [6.07, 6.45) is 8.51. The summed E-state index contributed by atoms with van der Waals surface area (Å²) in [5, 5.41) is 5.29. The van der Waals surface area contributed by atoms with Crippen molar-refractivity contribution < 1.29 is 0 Å². The van der Waals surface area contributed by atoms with Crippen LogP contribution in [0, 0.1) is 41.5 Å². The minimum atomic E-state index is -0.325. The van der Waals surface area contributed by atoms with E-state index in [2.05, 4.69) is 306 Å². The molecule has 0 nitrogen and oxygen atoms in total. The number of benzene rings is 10. The molecule has 76 heavy (non-hydrogen) atoms. The molecule has 0 radical (unpaired) electrons. The van der Waals surface area contributed by atoms with Gasteiger partial charge in [-0.2, -0.15) is 0 Å². The summed E-state index contributed by atoms with van der Waals surface area (Å²) in [5.74, 6) is 0.344. The third kappa shape index (κ3) is 11.7. The molecule has 0 heteroatoms. The van der Waals surface area contributed by atoms with Gasteiger partial charge in [0.2, 0.25) is 0 Å². The van der Waals surface area contributed by atoms with Crippen LogP contribution in [-0.4, -0.2) is 0 Å². The molecule has 11 rings (SSSR count). The Balaban J connectivity index is 0.000000156. The van der Waals surface area contributed by atoms with Gasteiger partial charge >= 0.3 is 0 Å². The molecular weight excluding hydrogens is 913 g/mol. The lowest BCUT2D eigenvalue weighted by Crippen LogP contribution is -2.28. The molecule has 1 atom stereocenters. The van der Waals surface area contributed by atoms with Gasteiger partial charge in [-0.25, -0.2) is 0 Å². The van der Waals surface area contributed by atoms with Crippen molar-refractivity contribution in [2.75, 3.05) is 0 Å². The van der Waals surface area contributed by atoms with Crippen LogP contribution in [0.1, 0.15) is 118 Å². The average molecular weight is 989 g/mol. The quantitative estimate of drug-likeness (QED) is 0.126. The maximum Gasteiger partial charge on any atom is 0.0713 e. The summed E-state index contributed by atoms with van der Waals surface area (Å²) in [6.45, 7) is 25.7. The van der Waals surface area contributed by atoms with Gasteiger partial charge in [0.15, 0.2) is 0 Å². The van der Waals surface area contributed by atoms with Gasteiger partial charge in [-0.1, -0.05) is 291 Å². The van der Waals surface area contributed by atoms with E-state index in [0.717, 1.165) is 12.8 Å². The summed E-state index contributed by atoms with van der Waals surface area (Å²) in [4.78, 5) is 0. The van der Waals surface area contributed by atoms with Gasteiger partial charge in [-0.15, -0.1) is 0 Å². The number of rotatable bonds is 9. The van der Waals surface area contributed by atoms with Gasteiger partial charge in [0, 0.05) is 5.92 Å². The van der Waals surface area contributed by atoms with Crippen molar-refractivity contribution in [3.63, 3.8) is 0 Å². The minimum Gasteiger partial charge on any atom is -0.0988 e. The van der Waals surface area contributed by atoms with E-state index in [1.807, 2.05) is 6.08 Å². The van der Waals surface area contributed by atoms with E-state index in [-0.39, 0.29) is 5.41 Å². The largest absolute Gasteiger partial charge is 0.0988 e. The van der Waals surface area contributed by atoms with Crippen LogP contribution in [0.5, 0.6) is 0 Å². The van der Waals surface area contributed by atoms with Crippen molar-refractivity contribution in [3.8, 4) is 11.1 Å².